The molecule has 1 aliphatic heterocycles. The molecule has 1 aromatic rings. The minimum atomic E-state index is 0.161. The Hall–Kier alpha value is -0.810. The topological polar surface area (TPSA) is 37.3 Å². The first kappa shape index (κ1) is 14.6. The summed E-state index contributed by atoms with van der Waals surface area (Å²) in [6.45, 7) is 5.61. The van der Waals surface area contributed by atoms with Crippen LogP contribution >= 0.6 is 15.9 Å². The van der Waals surface area contributed by atoms with E-state index in [1.165, 1.54) is 6.42 Å². The van der Waals surface area contributed by atoms with Crippen molar-refractivity contribution < 1.29 is 4.79 Å². The highest BCUT2D eigenvalue weighted by Crippen LogP contribution is 2.21. The predicted octanol–water partition coefficient (Wildman–Crippen LogP) is 2.34. The van der Waals surface area contributed by atoms with E-state index in [9.17, 15) is 4.79 Å². The van der Waals surface area contributed by atoms with Crippen molar-refractivity contribution in [3.05, 3.63) is 22.4 Å². The van der Waals surface area contributed by atoms with Crippen LogP contribution in [0.5, 0.6) is 0 Å². The fraction of sp³-hybridized carbons (Fsp3) is 0.643. The van der Waals surface area contributed by atoms with Crippen molar-refractivity contribution in [1.29, 1.82) is 0 Å². The van der Waals surface area contributed by atoms with Crippen LogP contribution in [0.25, 0.3) is 0 Å². The molecule has 0 aliphatic carbocycles. The van der Waals surface area contributed by atoms with E-state index in [1.807, 2.05) is 28.8 Å². The molecular weight excluding hydrogens is 306 g/mol. The van der Waals surface area contributed by atoms with E-state index in [2.05, 4.69) is 28.2 Å². The van der Waals surface area contributed by atoms with Crippen molar-refractivity contribution in [3.63, 3.8) is 0 Å². The third-order valence-electron chi connectivity index (χ3n) is 3.72. The Balaban J connectivity index is 2.10. The van der Waals surface area contributed by atoms with Gasteiger partial charge in [-0.15, -0.1) is 0 Å². The number of hydrogen-bond donors (Lipinski definition) is 1. The first-order valence-electron chi connectivity index (χ1n) is 6.95. The Morgan fingerprint density at radius 2 is 2.37 bits per heavy atom. The zero-order valence-corrected chi connectivity index (χ0v) is 13.2. The smallest absolute Gasteiger partial charge is 0.270 e. The van der Waals surface area contributed by atoms with Gasteiger partial charge in [-0.25, -0.2) is 0 Å². The number of hydrogen-bond acceptors (Lipinski definition) is 2. The molecule has 19 heavy (non-hydrogen) atoms. The summed E-state index contributed by atoms with van der Waals surface area (Å²) in [6.07, 6.45) is 4.29. The molecule has 1 aliphatic rings. The summed E-state index contributed by atoms with van der Waals surface area (Å²) in [4.78, 5) is 14.6. The molecule has 1 atom stereocenters. The Morgan fingerprint density at radius 3 is 3.05 bits per heavy atom. The van der Waals surface area contributed by atoms with Gasteiger partial charge in [-0.3, -0.25) is 4.79 Å². The van der Waals surface area contributed by atoms with E-state index >= 15 is 0 Å². The quantitative estimate of drug-likeness (QED) is 0.921. The Morgan fingerprint density at radius 1 is 1.58 bits per heavy atom. The van der Waals surface area contributed by atoms with E-state index in [1.54, 1.807) is 0 Å². The number of amides is 1. The van der Waals surface area contributed by atoms with Gasteiger partial charge in [0.25, 0.3) is 5.91 Å². The van der Waals surface area contributed by atoms with Crippen molar-refractivity contribution in [2.24, 2.45) is 5.92 Å². The standard InChI is InChI=1S/C14H22BrN3O/c1-3-17-10-12(15)7-13(17)14(19)18-6-4-5-11(9-18)8-16-2/h7,10-11,16H,3-6,8-9H2,1-2H3/t11-/m1/s1. The van der Waals surface area contributed by atoms with Crippen molar-refractivity contribution in [1.82, 2.24) is 14.8 Å². The molecule has 2 heterocycles. The summed E-state index contributed by atoms with van der Waals surface area (Å²) < 4.78 is 2.98. The maximum atomic E-state index is 12.6. The van der Waals surface area contributed by atoms with Gasteiger partial charge in [0.2, 0.25) is 0 Å². The minimum absolute atomic E-state index is 0.161. The molecule has 0 saturated carbocycles. The number of aromatic nitrogens is 1. The van der Waals surface area contributed by atoms with Crippen LogP contribution in [0.4, 0.5) is 0 Å². The largest absolute Gasteiger partial charge is 0.343 e. The summed E-state index contributed by atoms with van der Waals surface area (Å²) in [6, 6.07) is 1.92. The van der Waals surface area contributed by atoms with Crippen LogP contribution in [0.3, 0.4) is 0 Å². The van der Waals surface area contributed by atoms with Crippen molar-refractivity contribution >= 4 is 21.8 Å². The van der Waals surface area contributed by atoms with Crippen LogP contribution in [0, 0.1) is 5.92 Å². The second kappa shape index (κ2) is 6.57. The van der Waals surface area contributed by atoms with Crippen LogP contribution in [-0.4, -0.2) is 42.1 Å². The molecule has 2 rings (SSSR count). The fourth-order valence-corrected chi connectivity index (χ4v) is 3.25. The second-order valence-corrected chi connectivity index (χ2v) is 6.06. The predicted molar refractivity (Wildman–Crippen MR) is 80.4 cm³/mol. The van der Waals surface area contributed by atoms with E-state index < -0.39 is 0 Å². The highest BCUT2D eigenvalue weighted by Gasteiger charge is 2.25. The highest BCUT2D eigenvalue weighted by molar-refractivity contribution is 9.10. The second-order valence-electron chi connectivity index (χ2n) is 5.15. The number of nitrogens with one attached hydrogen (secondary N) is 1. The average molecular weight is 328 g/mol. The van der Waals surface area contributed by atoms with Crippen LogP contribution in [0.15, 0.2) is 16.7 Å². The lowest BCUT2D eigenvalue weighted by Crippen LogP contribution is -2.43. The summed E-state index contributed by atoms with van der Waals surface area (Å²) in [5.41, 5.74) is 0.791. The molecule has 1 saturated heterocycles. The molecule has 4 nitrogen and oxygen atoms in total. The van der Waals surface area contributed by atoms with Crippen molar-refractivity contribution in [2.75, 3.05) is 26.7 Å². The van der Waals surface area contributed by atoms with Crippen LogP contribution < -0.4 is 5.32 Å². The van der Waals surface area contributed by atoms with Crippen LogP contribution in [0.1, 0.15) is 30.3 Å². The zero-order valence-electron chi connectivity index (χ0n) is 11.7. The lowest BCUT2D eigenvalue weighted by molar-refractivity contribution is 0.0663. The van der Waals surface area contributed by atoms with Crippen molar-refractivity contribution in [2.45, 2.75) is 26.3 Å². The van der Waals surface area contributed by atoms with Crippen LogP contribution in [-0.2, 0) is 6.54 Å². The van der Waals surface area contributed by atoms with E-state index in [0.29, 0.717) is 5.92 Å². The summed E-state index contributed by atoms with van der Waals surface area (Å²) >= 11 is 3.45. The van der Waals surface area contributed by atoms with E-state index in [-0.39, 0.29) is 5.91 Å². The number of piperidine rings is 1. The third kappa shape index (κ3) is 3.39. The zero-order chi connectivity index (χ0) is 13.8. The third-order valence-corrected chi connectivity index (χ3v) is 4.16. The summed E-state index contributed by atoms with van der Waals surface area (Å²) in [7, 11) is 1.97. The number of nitrogens with zero attached hydrogens (tertiary/aromatic N) is 2. The van der Waals surface area contributed by atoms with Gasteiger partial charge in [-0.05, 0) is 61.3 Å². The molecule has 1 aromatic heterocycles. The van der Waals surface area contributed by atoms with Gasteiger partial charge >= 0.3 is 0 Å². The first-order valence-corrected chi connectivity index (χ1v) is 7.74. The van der Waals surface area contributed by atoms with Gasteiger partial charge in [-0.2, -0.15) is 0 Å². The SMILES string of the molecule is CCn1cc(Br)cc1C(=O)N1CCC[C@H](CNC)C1. The van der Waals surface area contributed by atoms with E-state index in [4.69, 9.17) is 0 Å². The molecule has 0 radical (unpaired) electrons. The summed E-state index contributed by atoms with van der Waals surface area (Å²) in [5, 5.41) is 3.21. The number of halogens is 1. The van der Waals surface area contributed by atoms with Crippen LogP contribution in [0.2, 0.25) is 0 Å². The number of rotatable bonds is 4. The molecule has 0 unspecified atom stereocenters. The molecular formula is C14H22BrN3O. The molecule has 1 N–H and O–H groups in total. The Kier molecular flexibility index (Phi) is 5.05. The molecule has 0 aromatic carbocycles. The first-order chi connectivity index (χ1) is 9.15. The fourth-order valence-electron chi connectivity index (χ4n) is 2.78. The Labute approximate surface area is 123 Å². The maximum absolute atomic E-state index is 12.6. The van der Waals surface area contributed by atoms with Gasteiger partial charge in [0, 0.05) is 30.3 Å². The normalized spacial score (nSPS) is 19.7. The monoisotopic (exact) mass is 327 g/mol. The van der Waals surface area contributed by atoms with Gasteiger partial charge in [0.15, 0.2) is 0 Å². The van der Waals surface area contributed by atoms with Gasteiger partial charge in [0.1, 0.15) is 5.69 Å². The minimum Gasteiger partial charge on any atom is -0.343 e. The lowest BCUT2D eigenvalue weighted by atomic mass is 9.98. The molecule has 1 amide bonds. The maximum Gasteiger partial charge on any atom is 0.270 e. The highest BCUT2D eigenvalue weighted by atomic mass is 79.9. The molecule has 1 fully saturated rings. The molecule has 106 valence electrons. The average Bonchev–Trinajstić information content (AvgIpc) is 2.80. The van der Waals surface area contributed by atoms with Gasteiger partial charge in [0.05, 0.1) is 0 Å². The number of carbonyl (C=O) groups excluding carboxylic acids is 1. The number of aryl methyl sites for hydroxylation is 1. The van der Waals surface area contributed by atoms with E-state index in [0.717, 1.165) is 42.8 Å². The lowest BCUT2D eigenvalue weighted by Gasteiger charge is -2.32. The number of carbonyl (C=O) groups is 1. The molecule has 5 heteroatoms. The number of likely N-dealkylation sites (tertiary alicyclic amines) is 1. The molecule has 0 bridgehead atoms. The van der Waals surface area contributed by atoms with Gasteiger partial charge < -0.3 is 14.8 Å². The summed E-state index contributed by atoms with van der Waals surface area (Å²) in [5.74, 6) is 0.740. The van der Waals surface area contributed by atoms with Crippen molar-refractivity contribution in [3.8, 4) is 0 Å². The molecule has 0 spiro atoms. The Bertz CT molecular complexity index is 442. The van der Waals surface area contributed by atoms with Gasteiger partial charge in [-0.1, -0.05) is 0 Å².